The number of aromatic nitrogens is 2. The SMILES string of the molecule is CC1(O)CCN(Cc2ccc(Cl)nn2)CC1. The van der Waals surface area contributed by atoms with Gasteiger partial charge in [0.2, 0.25) is 0 Å². The first kappa shape index (κ1) is 11.8. The van der Waals surface area contributed by atoms with Crippen molar-refractivity contribution in [2.24, 2.45) is 0 Å². The number of piperidine rings is 1. The highest BCUT2D eigenvalue weighted by atomic mass is 35.5. The summed E-state index contributed by atoms with van der Waals surface area (Å²) in [6.45, 7) is 4.47. The number of hydrogen-bond donors (Lipinski definition) is 1. The van der Waals surface area contributed by atoms with Crippen LogP contribution in [0, 0.1) is 0 Å². The molecular formula is C11H16ClN3O. The van der Waals surface area contributed by atoms with Gasteiger partial charge in [0, 0.05) is 19.6 Å². The third-order valence-electron chi connectivity index (χ3n) is 3.01. The lowest BCUT2D eigenvalue weighted by molar-refractivity contribution is -0.00762. The Balaban J connectivity index is 1.89. The molecule has 2 heterocycles. The molecule has 0 unspecified atom stereocenters. The fourth-order valence-electron chi connectivity index (χ4n) is 1.85. The van der Waals surface area contributed by atoms with Gasteiger partial charge in [0.15, 0.2) is 5.15 Å². The molecule has 1 saturated heterocycles. The molecule has 4 nitrogen and oxygen atoms in total. The predicted molar refractivity (Wildman–Crippen MR) is 62.2 cm³/mol. The van der Waals surface area contributed by atoms with E-state index in [4.69, 9.17) is 11.6 Å². The van der Waals surface area contributed by atoms with Gasteiger partial charge in [-0.3, -0.25) is 4.90 Å². The van der Waals surface area contributed by atoms with E-state index in [1.165, 1.54) is 0 Å². The lowest BCUT2D eigenvalue weighted by Gasteiger charge is -2.35. The topological polar surface area (TPSA) is 49.2 Å². The van der Waals surface area contributed by atoms with Gasteiger partial charge in [0.1, 0.15) is 0 Å². The Morgan fingerprint density at radius 3 is 2.62 bits per heavy atom. The van der Waals surface area contributed by atoms with Crippen LogP contribution >= 0.6 is 11.6 Å². The first-order chi connectivity index (χ1) is 7.55. The van der Waals surface area contributed by atoms with Crippen molar-refractivity contribution < 1.29 is 5.11 Å². The molecule has 1 fully saturated rings. The van der Waals surface area contributed by atoms with Gasteiger partial charge >= 0.3 is 0 Å². The minimum atomic E-state index is -0.498. The molecule has 0 bridgehead atoms. The zero-order valence-electron chi connectivity index (χ0n) is 9.36. The van der Waals surface area contributed by atoms with Crippen molar-refractivity contribution in [3.05, 3.63) is 23.0 Å². The van der Waals surface area contributed by atoms with E-state index in [-0.39, 0.29) is 0 Å². The van der Waals surface area contributed by atoms with E-state index in [1.54, 1.807) is 6.07 Å². The van der Waals surface area contributed by atoms with Crippen molar-refractivity contribution in [3.8, 4) is 0 Å². The maximum absolute atomic E-state index is 9.82. The summed E-state index contributed by atoms with van der Waals surface area (Å²) in [4.78, 5) is 2.27. The molecule has 2 rings (SSSR count). The fraction of sp³-hybridized carbons (Fsp3) is 0.636. The van der Waals surface area contributed by atoms with Crippen LogP contribution in [-0.4, -0.2) is 38.9 Å². The first-order valence-corrected chi connectivity index (χ1v) is 5.86. The average molecular weight is 242 g/mol. The highest BCUT2D eigenvalue weighted by Crippen LogP contribution is 2.21. The maximum Gasteiger partial charge on any atom is 0.151 e. The Morgan fingerprint density at radius 2 is 2.06 bits per heavy atom. The third-order valence-corrected chi connectivity index (χ3v) is 3.21. The van der Waals surface area contributed by atoms with Crippen LogP contribution in [0.4, 0.5) is 0 Å². The smallest absolute Gasteiger partial charge is 0.151 e. The fourth-order valence-corrected chi connectivity index (χ4v) is 1.95. The van der Waals surface area contributed by atoms with Crippen LogP contribution in [0.5, 0.6) is 0 Å². The Hall–Kier alpha value is -0.710. The molecule has 88 valence electrons. The Morgan fingerprint density at radius 1 is 1.38 bits per heavy atom. The van der Waals surface area contributed by atoms with E-state index in [9.17, 15) is 5.11 Å². The summed E-state index contributed by atoms with van der Waals surface area (Å²) in [7, 11) is 0. The van der Waals surface area contributed by atoms with Crippen molar-refractivity contribution in [1.82, 2.24) is 15.1 Å². The summed E-state index contributed by atoms with van der Waals surface area (Å²) in [5, 5.41) is 18.1. The number of rotatable bonds is 2. The molecule has 0 amide bonds. The third kappa shape index (κ3) is 3.14. The molecule has 0 aromatic carbocycles. The van der Waals surface area contributed by atoms with E-state index < -0.39 is 5.60 Å². The molecule has 1 aromatic rings. The van der Waals surface area contributed by atoms with Crippen molar-refractivity contribution >= 4 is 11.6 Å². The van der Waals surface area contributed by atoms with E-state index in [0.717, 1.165) is 38.2 Å². The van der Waals surface area contributed by atoms with Crippen molar-refractivity contribution in [1.29, 1.82) is 0 Å². The van der Waals surface area contributed by atoms with Crippen LogP contribution in [0.2, 0.25) is 5.15 Å². The minimum Gasteiger partial charge on any atom is -0.390 e. The van der Waals surface area contributed by atoms with Crippen molar-refractivity contribution in [2.75, 3.05) is 13.1 Å². The van der Waals surface area contributed by atoms with Gasteiger partial charge in [-0.25, -0.2) is 0 Å². The first-order valence-electron chi connectivity index (χ1n) is 5.48. The number of aliphatic hydroxyl groups is 1. The molecule has 1 aliphatic heterocycles. The number of halogens is 1. The minimum absolute atomic E-state index is 0.422. The van der Waals surface area contributed by atoms with Crippen LogP contribution in [0.1, 0.15) is 25.5 Å². The zero-order chi connectivity index (χ0) is 11.6. The lowest BCUT2D eigenvalue weighted by atomic mass is 9.94. The summed E-state index contributed by atoms with van der Waals surface area (Å²) < 4.78 is 0. The lowest BCUT2D eigenvalue weighted by Crippen LogP contribution is -2.42. The molecule has 0 aliphatic carbocycles. The van der Waals surface area contributed by atoms with Crippen molar-refractivity contribution in [2.45, 2.75) is 31.9 Å². The second kappa shape index (κ2) is 4.65. The molecule has 0 spiro atoms. The van der Waals surface area contributed by atoms with E-state index in [2.05, 4.69) is 15.1 Å². The Labute approximate surface area is 100 Å². The van der Waals surface area contributed by atoms with Crippen LogP contribution in [0.15, 0.2) is 12.1 Å². The molecule has 5 heteroatoms. The van der Waals surface area contributed by atoms with Gasteiger partial charge in [0.05, 0.1) is 11.3 Å². The summed E-state index contributed by atoms with van der Waals surface area (Å²) in [5.74, 6) is 0. The second-order valence-electron chi connectivity index (χ2n) is 4.62. The largest absolute Gasteiger partial charge is 0.390 e. The number of nitrogens with zero attached hydrogens (tertiary/aromatic N) is 3. The van der Waals surface area contributed by atoms with E-state index >= 15 is 0 Å². The maximum atomic E-state index is 9.82. The number of likely N-dealkylation sites (tertiary alicyclic amines) is 1. The van der Waals surface area contributed by atoms with Crippen LogP contribution in [-0.2, 0) is 6.54 Å². The average Bonchev–Trinajstić information content (AvgIpc) is 2.24. The number of hydrogen-bond acceptors (Lipinski definition) is 4. The molecule has 0 atom stereocenters. The van der Waals surface area contributed by atoms with Crippen LogP contribution in [0.3, 0.4) is 0 Å². The Kier molecular flexibility index (Phi) is 3.42. The van der Waals surface area contributed by atoms with Gasteiger partial charge in [-0.2, -0.15) is 5.10 Å². The van der Waals surface area contributed by atoms with Crippen LogP contribution in [0.25, 0.3) is 0 Å². The monoisotopic (exact) mass is 241 g/mol. The summed E-state index contributed by atoms with van der Waals surface area (Å²) in [6, 6.07) is 3.64. The van der Waals surface area contributed by atoms with Crippen LogP contribution < -0.4 is 0 Å². The summed E-state index contributed by atoms with van der Waals surface area (Å²) >= 11 is 5.67. The highest BCUT2D eigenvalue weighted by molar-refractivity contribution is 6.29. The highest BCUT2D eigenvalue weighted by Gasteiger charge is 2.27. The molecule has 1 aromatic heterocycles. The standard InChI is InChI=1S/C11H16ClN3O/c1-11(16)4-6-15(7-5-11)8-9-2-3-10(12)14-13-9/h2-3,16H,4-8H2,1H3. The van der Waals surface area contributed by atoms with Gasteiger partial charge < -0.3 is 5.11 Å². The summed E-state index contributed by atoms with van der Waals surface area (Å²) in [5.41, 5.74) is 0.424. The van der Waals surface area contributed by atoms with E-state index in [1.807, 2.05) is 13.0 Å². The van der Waals surface area contributed by atoms with Gasteiger partial charge in [0.25, 0.3) is 0 Å². The molecular weight excluding hydrogens is 226 g/mol. The van der Waals surface area contributed by atoms with Gasteiger partial charge in [-0.15, -0.1) is 5.10 Å². The quantitative estimate of drug-likeness (QED) is 0.852. The molecule has 1 aliphatic rings. The van der Waals surface area contributed by atoms with E-state index in [0.29, 0.717) is 5.15 Å². The molecule has 0 radical (unpaired) electrons. The summed E-state index contributed by atoms with van der Waals surface area (Å²) in [6.07, 6.45) is 1.63. The van der Waals surface area contributed by atoms with Gasteiger partial charge in [-0.05, 0) is 31.9 Å². The zero-order valence-corrected chi connectivity index (χ0v) is 10.1. The second-order valence-corrected chi connectivity index (χ2v) is 5.01. The molecule has 1 N–H and O–H groups in total. The normalized spacial score (nSPS) is 20.9. The van der Waals surface area contributed by atoms with Gasteiger partial charge in [-0.1, -0.05) is 11.6 Å². The van der Waals surface area contributed by atoms with Crippen molar-refractivity contribution in [3.63, 3.8) is 0 Å². The molecule has 0 saturated carbocycles. The Bertz CT molecular complexity index is 343. The predicted octanol–water partition coefficient (Wildman–Crippen LogP) is 1.48. The molecule has 16 heavy (non-hydrogen) atoms.